The second-order valence-electron chi connectivity index (χ2n) is 5.18. The number of halogens is 1. The molecule has 0 spiro atoms. The van der Waals surface area contributed by atoms with Gasteiger partial charge in [-0.1, -0.05) is 0 Å². The van der Waals surface area contributed by atoms with Gasteiger partial charge in [0.1, 0.15) is 17.9 Å². The normalized spacial score (nSPS) is 10.6. The molecule has 0 aliphatic heterocycles. The van der Waals surface area contributed by atoms with Crippen molar-refractivity contribution in [3.8, 4) is 11.5 Å². The summed E-state index contributed by atoms with van der Waals surface area (Å²) in [5, 5.41) is 3.89. The van der Waals surface area contributed by atoms with Gasteiger partial charge in [0.05, 0.1) is 17.9 Å². The van der Waals surface area contributed by atoms with E-state index in [2.05, 4.69) is 25.3 Å². The van der Waals surface area contributed by atoms with Gasteiger partial charge in [-0.3, -0.25) is 9.97 Å². The number of nitrogens with zero attached hydrogens (tertiary/aromatic N) is 4. The molecule has 4 aromatic rings. The van der Waals surface area contributed by atoms with Gasteiger partial charge >= 0.3 is 0 Å². The fraction of sp³-hybridized carbons (Fsp3) is 0. The van der Waals surface area contributed by atoms with Gasteiger partial charge in [-0.25, -0.2) is 14.4 Å². The van der Waals surface area contributed by atoms with Crippen LogP contribution >= 0.6 is 0 Å². The van der Waals surface area contributed by atoms with Gasteiger partial charge in [0, 0.05) is 29.5 Å². The number of hydrogen-bond acceptors (Lipinski definition) is 6. The van der Waals surface area contributed by atoms with Crippen LogP contribution in [0.5, 0.6) is 11.5 Å². The predicted octanol–water partition coefficient (Wildman–Crippen LogP) is 4.09. The van der Waals surface area contributed by atoms with Gasteiger partial charge < -0.3 is 10.1 Å². The second kappa shape index (κ2) is 6.48. The Labute approximate surface area is 142 Å². The molecule has 1 N–H and O–H groups in total. The summed E-state index contributed by atoms with van der Waals surface area (Å²) in [6.45, 7) is 0. The molecule has 4 rings (SSSR count). The van der Waals surface area contributed by atoms with Gasteiger partial charge in [0.2, 0.25) is 0 Å². The Hall–Kier alpha value is -3.61. The third-order valence-corrected chi connectivity index (χ3v) is 3.50. The van der Waals surface area contributed by atoms with Crippen molar-refractivity contribution in [2.75, 3.05) is 5.32 Å². The minimum atomic E-state index is -0.492. The zero-order valence-corrected chi connectivity index (χ0v) is 12.9. The van der Waals surface area contributed by atoms with Gasteiger partial charge in [0.25, 0.3) is 0 Å². The van der Waals surface area contributed by atoms with Crippen molar-refractivity contribution in [3.63, 3.8) is 0 Å². The summed E-state index contributed by atoms with van der Waals surface area (Å²) in [6.07, 6.45) is 7.88. The van der Waals surface area contributed by atoms with Crippen molar-refractivity contribution in [1.82, 2.24) is 19.9 Å². The van der Waals surface area contributed by atoms with Crippen LogP contribution in [0.15, 0.2) is 67.5 Å². The van der Waals surface area contributed by atoms with E-state index < -0.39 is 5.82 Å². The van der Waals surface area contributed by atoms with Crippen LogP contribution in [0, 0.1) is 5.82 Å². The molecular weight excluding hydrogens is 321 g/mol. The Morgan fingerprint density at radius 2 is 1.88 bits per heavy atom. The summed E-state index contributed by atoms with van der Waals surface area (Å²) in [6, 6.07) is 9.84. The monoisotopic (exact) mass is 333 g/mol. The molecule has 0 aliphatic carbocycles. The predicted molar refractivity (Wildman–Crippen MR) is 91.3 cm³/mol. The quantitative estimate of drug-likeness (QED) is 0.606. The van der Waals surface area contributed by atoms with Crippen LogP contribution in [0.3, 0.4) is 0 Å². The highest BCUT2D eigenvalue weighted by atomic mass is 19.1. The van der Waals surface area contributed by atoms with Crippen LogP contribution in [0.1, 0.15) is 0 Å². The number of fused-ring (bicyclic) bond motifs is 1. The van der Waals surface area contributed by atoms with E-state index >= 15 is 0 Å². The van der Waals surface area contributed by atoms with E-state index in [-0.39, 0.29) is 5.75 Å². The van der Waals surface area contributed by atoms with E-state index in [1.807, 2.05) is 0 Å². The topological polar surface area (TPSA) is 72.8 Å². The molecule has 0 amide bonds. The lowest BCUT2D eigenvalue weighted by atomic mass is 10.2. The average Bonchev–Trinajstić information content (AvgIpc) is 2.65. The van der Waals surface area contributed by atoms with Crippen molar-refractivity contribution in [2.24, 2.45) is 0 Å². The molecule has 0 fully saturated rings. The Morgan fingerprint density at radius 3 is 2.72 bits per heavy atom. The van der Waals surface area contributed by atoms with Crippen LogP contribution in [0.2, 0.25) is 0 Å². The van der Waals surface area contributed by atoms with Crippen LogP contribution < -0.4 is 10.1 Å². The lowest BCUT2D eigenvalue weighted by molar-refractivity contribution is 0.441. The summed E-state index contributed by atoms with van der Waals surface area (Å²) in [7, 11) is 0. The minimum absolute atomic E-state index is 0.121. The van der Waals surface area contributed by atoms with Gasteiger partial charge in [-0.2, -0.15) is 0 Å². The Kier molecular flexibility index (Phi) is 3.88. The lowest BCUT2D eigenvalue weighted by Crippen LogP contribution is -1.97. The smallest absolute Gasteiger partial charge is 0.167 e. The van der Waals surface area contributed by atoms with Crippen molar-refractivity contribution in [2.45, 2.75) is 0 Å². The number of nitrogens with one attached hydrogen (secondary N) is 1. The van der Waals surface area contributed by atoms with Crippen molar-refractivity contribution < 1.29 is 9.13 Å². The van der Waals surface area contributed by atoms with Crippen molar-refractivity contribution in [1.29, 1.82) is 0 Å². The Balaban J connectivity index is 1.60. The minimum Gasteiger partial charge on any atom is -0.453 e. The van der Waals surface area contributed by atoms with E-state index in [0.717, 1.165) is 5.39 Å². The summed E-state index contributed by atoms with van der Waals surface area (Å²) in [4.78, 5) is 16.3. The lowest BCUT2D eigenvalue weighted by Gasteiger charge is -2.10. The number of rotatable bonds is 4. The molecule has 6 nitrogen and oxygen atoms in total. The van der Waals surface area contributed by atoms with Crippen molar-refractivity contribution in [3.05, 3.63) is 73.3 Å². The number of ether oxygens (including phenoxy) is 1. The molecule has 3 aromatic heterocycles. The molecule has 0 atom stereocenters. The first-order valence-electron chi connectivity index (χ1n) is 7.49. The number of benzene rings is 1. The van der Waals surface area contributed by atoms with Gasteiger partial charge in [0.15, 0.2) is 11.6 Å². The van der Waals surface area contributed by atoms with Crippen LogP contribution in [0.4, 0.5) is 15.9 Å². The SMILES string of the molecule is Fc1cc(Nc2ncnc3cnccc23)ccc1Oc1cccnc1. The molecule has 0 radical (unpaired) electrons. The number of aromatic nitrogens is 4. The summed E-state index contributed by atoms with van der Waals surface area (Å²) in [5.74, 6) is 0.674. The van der Waals surface area contributed by atoms with E-state index in [1.165, 1.54) is 18.6 Å². The molecule has 0 aliphatic rings. The highest BCUT2D eigenvalue weighted by molar-refractivity contribution is 5.89. The van der Waals surface area contributed by atoms with E-state index in [9.17, 15) is 4.39 Å². The fourth-order valence-corrected chi connectivity index (χ4v) is 2.34. The highest BCUT2D eigenvalue weighted by Crippen LogP contribution is 2.28. The largest absolute Gasteiger partial charge is 0.453 e. The number of pyridine rings is 2. The van der Waals surface area contributed by atoms with Crippen LogP contribution in [-0.4, -0.2) is 19.9 Å². The first kappa shape index (κ1) is 14.9. The number of hydrogen-bond donors (Lipinski definition) is 1. The Morgan fingerprint density at radius 1 is 0.960 bits per heavy atom. The van der Waals surface area contributed by atoms with E-state index in [1.54, 1.807) is 48.9 Å². The van der Waals surface area contributed by atoms with E-state index in [0.29, 0.717) is 22.8 Å². The molecule has 0 saturated carbocycles. The molecule has 1 aromatic carbocycles. The number of anilines is 2. The van der Waals surface area contributed by atoms with Gasteiger partial charge in [-0.15, -0.1) is 0 Å². The summed E-state index contributed by atoms with van der Waals surface area (Å²) in [5.41, 5.74) is 1.25. The third-order valence-electron chi connectivity index (χ3n) is 3.50. The fourth-order valence-electron chi connectivity index (χ4n) is 2.34. The molecule has 0 saturated heterocycles. The van der Waals surface area contributed by atoms with Crippen LogP contribution in [-0.2, 0) is 0 Å². The summed E-state index contributed by atoms with van der Waals surface area (Å²) >= 11 is 0. The maximum atomic E-state index is 14.3. The standard InChI is InChI=1S/C18H12FN5O/c19-15-8-12(3-4-17(15)25-13-2-1-6-20-9-13)24-18-14-5-7-21-10-16(14)22-11-23-18/h1-11H,(H,22,23,24). The molecule has 3 heterocycles. The molecule has 7 heteroatoms. The third kappa shape index (κ3) is 3.20. The first-order valence-corrected chi connectivity index (χ1v) is 7.49. The zero-order chi connectivity index (χ0) is 17.1. The average molecular weight is 333 g/mol. The molecule has 0 bridgehead atoms. The molecule has 122 valence electrons. The van der Waals surface area contributed by atoms with E-state index in [4.69, 9.17) is 4.74 Å². The highest BCUT2D eigenvalue weighted by Gasteiger charge is 2.09. The molecular formula is C18H12FN5O. The maximum Gasteiger partial charge on any atom is 0.167 e. The van der Waals surface area contributed by atoms with Crippen molar-refractivity contribution >= 4 is 22.4 Å². The van der Waals surface area contributed by atoms with Gasteiger partial charge in [-0.05, 0) is 30.3 Å². The molecule has 0 unspecified atom stereocenters. The van der Waals surface area contributed by atoms with Crippen LogP contribution in [0.25, 0.3) is 10.9 Å². The molecule has 25 heavy (non-hydrogen) atoms. The zero-order valence-electron chi connectivity index (χ0n) is 12.9. The second-order valence-corrected chi connectivity index (χ2v) is 5.18. The summed E-state index contributed by atoms with van der Waals surface area (Å²) < 4.78 is 19.8. The Bertz CT molecular complexity index is 1020. The maximum absolute atomic E-state index is 14.3. The first-order chi connectivity index (χ1) is 12.3.